The van der Waals surface area contributed by atoms with Crippen molar-refractivity contribution in [3.05, 3.63) is 10.8 Å². The van der Waals surface area contributed by atoms with E-state index in [1.165, 1.54) is 4.90 Å². The Morgan fingerprint density at radius 3 is 2.20 bits per heavy atom. The van der Waals surface area contributed by atoms with Crippen LogP contribution in [0.5, 0.6) is 0 Å². The number of carboxylic acid groups (broad SMARTS) is 1. The third-order valence-corrected chi connectivity index (χ3v) is 4.69. The van der Waals surface area contributed by atoms with Crippen molar-refractivity contribution in [2.75, 3.05) is 13.1 Å². The van der Waals surface area contributed by atoms with Gasteiger partial charge in [0, 0.05) is 6.54 Å². The summed E-state index contributed by atoms with van der Waals surface area (Å²) in [6.07, 6.45) is -1.02. The van der Waals surface area contributed by atoms with Gasteiger partial charge in [0.25, 0.3) is 0 Å². The largest absolute Gasteiger partial charge is 0.465 e. The summed E-state index contributed by atoms with van der Waals surface area (Å²) in [5, 5.41) is 9.74. The monoisotopic (exact) mass is 227 g/mol. The molecule has 15 heavy (non-hydrogen) atoms. The van der Waals surface area contributed by atoms with E-state index in [4.69, 9.17) is 5.11 Å². The van der Waals surface area contributed by atoms with Crippen LogP contribution in [0.3, 0.4) is 0 Å². The van der Waals surface area contributed by atoms with Gasteiger partial charge in [-0.25, -0.2) is 4.79 Å². The average Bonchev–Trinajstić information content (AvgIpc) is 1.99. The van der Waals surface area contributed by atoms with Crippen molar-refractivity contribution in [2.24, 2.45) is 0 Å². The fourth-order valence-electron chi connectivity index (χ4n) is 2.11. The molecule has 0 saturated carbocycles. The molecule has 0 aliphatic carbocycles. The van der Waals surface area contributed by atoms with Crippen LogP contribution in [0.4, 0.5) is 4.79 Å². The van der Waals surface area contributed by atoms with E-state index in [1.54, 1.807) is 0 Å². The molecule has 1 aliphatic rings. The minimum absolute atomic E-state index is 0.0136. The lowest BCUT2D eigenvalue weighted by Crippen LogP contribution is -2.45. The number of amides is 1. The topological polar surface area (TPSA) is 57.6 Å². The van der Waals surface area contributed by atoms with Gasteiger partial charge in [-0.2, -0.15) is 0 Å². The number of carbonyl (C=O) groups is 2. The van der Waals surface area contributed by atoms with Gasteiger partial charge in [0.2, 0.25) is 0 Å². The Morgan fingerprint density at radius 2 is 1.87 bits per heavy atom. The van der Waals surface area contributed by atoms with Crippen molar-refractivity contribution in [3.8, 4) is 0 Å². The summed E-state index contributed by atoms with van der Waals surface area (Å²) in [6.45, 7) is 8.59. The Bertz CT molecular complexity index is 341. The molecule has 1 N–H and O–H groups in total. The van der Waals surface area contributed by atoms with Gasteiger partial charge >= 0.3 is 6.09 Å². The quantitative estimate of drug-likeness (QED) is 0.694. The normalized spacial score (nSPS) is 18.4. The maximum atomic E-state index is 11.8. The number of carbonyl (C=O) groups excluding carboxylic acids is 1. The zero-order valence-corrected chi connectivity index (χ0v) is 10.6. The van der Waals surface area contributed by atoms with Crippen molar-refractivity contribution in [1.29, 1.82) is 0 Å². The Hall–Kier alpha value is -1.10. The van der Waals surface area contributed by atoms with Crippen LogP contribution in [0.15, 0.2) is 10.8 Å². The van der Waals surface area contributed by atoms with Crippen LogP contribution in [0.25, 0.3) is 0 Å². The first-order valence-corrected chi connectivity index (χ1v) is 8.45. The van der Waals surface area contributed by atoms with E-state index >= 15 is 0 Å². The van der Waals surface area contributed by atoms with Crippen molar-refractivity contribution in [3.63, 3.8) is 0 Å². The van der Waals surface area contributed by atoms with Crippen molar-refractivity contribution >= 4 is 20.0 Å². The second kappa shape index (κ2) is 3.81. The highest BCUT2D eigenvalue weighted by Crippen LogP contribution is 2.24. The fourth-order valence-corrected chi connectivity index (χ4v) is 4.38. The Labute approximate surface area is 90.6 Å². The molecule has 0 fully saturated rings. The molecule has 0 saturated heterocycles. The second-order valence-electron chi connectivity index (χ2n) is 4.97. The summed E-state index contributed by atoms with van der Waals surface area (Å²) in [5.74, 6) is -0.0136. The molecule has 0 atom stereocenters. The fraction of sp³-hybridized carbons (Fsp3) is 0.600. The standard InChI is InChI=1S/C10H17NO3Si/c1-7-5-11(10(13)14)6-8(12)9(7)15(2,3)4/h5-6H2,1-4H3,(H,13,14). The molecule has 0 aromatic rings. The Balaban J connectivity index is 3.05. The smallest absolute Gasteiger partial charge is 0.407 e. The van der Waals surface area contributed by atoms with Gasteiger partial charge in [-0.3, -0.25) is 9.69 Å². The second-order valence-corrected chi connectivity index (χ2v) is 9.97. The van der Waals surface area contributed by atoms with Crippen LogP contribution in [0.2, 0.25) is 19.6 Å². The van der Waals surface area contributed by atoms with E-state index < -0.39 is 14.2 Å². The zero-order chi connectivity index (χ0) is 11.8. The number of nitrogens with zero attached hydrogens (tertiary/aromatic N) is 1. The van der Waals surface area contributed by atoms with Gasteiger partial charge in [-0.15, -0.1) is 0 Å². The first-order valence-electron chi connectivity index (χ1n) is 4.95. The Kier molecular flexibility index (Phi) is 3.04. The van der Waals surface area contributed by atoms with Crippen LogP contribution < -0.4 is 0 Å². The molecule has 0 radical (unpaired) electrons. The van der Waals surface area contributed by atoms with E-state index in [0.29, 0.717) is 6.54 Å². The average molecular weight is 227 g/mol. The van der Waals surface area contributed by atoms with Gasteiger partial charge in [0.1, 0.15) is 0 Å². The van der Waals surface area contributed by atoms with Gasteiger partial charge < -0.3 is 5.11 Å². The predicted molar refractivity (Wildman–Crippen MR) is 60.7 cm³/mol. The van der Waals surface area contributed by atoms with E-state index in [-0.39, 0.29) is 12.3 Å². The molecule has 1 heterocycles. The summed E-state index contributed by atoms with van der Waals surface area (Å²) in [7, 11) is -1.64. The zero-order valence-electron chi connectivity index (χ0n) is 9.63. The molecule has 0 unspecified atom stereocenters. The highest BCUT2D eigenvalue weighted by atomic mass is 28.3. The maximum Gasteiger partial charge on any atom is 0.407 e. The van der Waals surface area contributed by atoms with E-state index in [1.807, 2.05) is 6.92 Å². The number of hydrogen-bond acceptors (Lipinski definition) is 2. The van der Waals surface area contributed by atoms with Crippen LogP contribution in [0.1, 0.15) is 6.92 Å². The molecular formula is C10H17NO3Si. The number of ketones is 1. The third kappa shape index (κ3) is 2.47. The van der Waals surface area contributed by atoms with E-state index in [9.17, 15) is 9.59 Å². The highest BCUT2D eigenvalue weighted by molar-refractivity contribution is 6.87. The van der Waals surface area contributed by atoms with Gasteiger partial charge in [0.15, 0.2) is 5.78 Å². The summed E-state index contributed by atoms with van der Waals surface area (Å²) in [5.41, 5.74) is 0.924. The van der Waals surface area contributed by atoms with Crippen LogP contribution >= 0.6 is 0 Å². The number of hydrogen-bond donors (Lipinski definition) is 1. The molecule has 4 nitrogen and oxygen atoms in total. The summed E-state index contributed by atoms with van der Waals surface area (Å²) in [4.78, 5) is 23.8. The number of rotatable bonds is 1. The summed E-state index contributed by atoms with van der Waals surface area (Å²) >= 11 is 0. The van der Waals surface area contributed by atoms with Crippen molar-refractivity contribution < 1.29 is 14.7 Å². The molecular weight excluding hydrogens is 210 g/mol. The lowest BCUT2D eigenvalue weighted by atomic mass is 10.1. The summed E-state index contributed by atoms with van der Waals surface area (Å²) < 4.78 is 0. The summed E-state index contributed by atoms with van der Waals surface area (Å²) in [6, 6.07) is 0. The molecule has 0 bridgehead atoms. The minimum Gasteiger partial charge on any atom is -0.465 e. The lowest BCUT2D eigenvalue weighted by molar-refractivity contribution is -0.116. The van der Waals surface area contributed by atoms with E-state index in [2.05, 4.69) is 19.6 Å². The van der Waals surface area contributed by atoms with Crippen molar-refractivity contribution in [2.45, 2.75) is 26.6 Å². The SMILES string of the molecule is CC1=C([Si](C)(C)C)C(=O)CN(C(=O)O)C1. The molecule has 0 spiro atoms. The molecule has 1 rings (SSSR count). The predicted octanol–water partition coefficient (Wildman–Crippen LogP) is 1.74. The molecule has 5 heteroatoms. The molecule has 1 amide bonds. The minimum atomic E-state index is -1.64. The van der Waals surface area contributed by atoms with Crippen LogP contribution in [-0.2, 0) is 4.79 Å². The van der Waals surface area contributed by atoms with Gasteiger partial charge in [-0.05, 0) is 12.1 Å². The van der Waals surface area contributed by atoms with Crippen LogP contribution in [0, 0.1) is 0 Å². The molecule has 0 aromatic heterocycles. The first-order chi connectivity index (χ1) is 6.73. The number of Topliss-reactive ketones (excluding diaryl/α,β-unsaturated/α-hetero) is 1. The van der Waals surface area contributed by atoms with Crippen molar-refractivity contribution in [1.82, 2.24) is 4.90 Å². The van der Waals surface area contributed by atoms with Gasteiger partial charge in [-0.1, -0.05) is 25.2 Å². The highest BCUT2D eigenvalue weighted by Gasteiger charge is 2.33. The van der Waals surface area contributed by atoms with E-state index in [0.717, 1.165) is 10.8 Å². The molecule has 0 aromatic carbocycles. The lowest BCUT2D eigenvalue weighted by Gasteiger charge is -2.31. The third-order valence-electron chi connectivity index (χ3n) is 2.49. The van der Waals surface area contributed by atoms with Crippen LogP contribution in [-0.4, -0.2) is 43.0 Å². The molecule has 1 aliphatic heterocycles. The first kappa shape index (κ1) is 12.0. The maximum absolute atomic E-state index is 11.8. The molecule has 84 valence electrons. The van der Waals surface area contributed by atoms with Gasteiger partial charge in [0.05, 0.1) is 14.6 Å². The Morgan fingerprint density at radius 1 is 1.33 bits per heavy atom.